The molecule has 3 N–H and O–H groups in total. The Labute approximate surface area is 121 Å². The Balaban J connectivity index is 2.85. The molecule has 6 nitrogen and oxygen atoms in total. The van der Waals surface area contributed by atoms with E-state index in [9.17, 15) is 14.0 Å². The topological polar surface area (TPSA) is 102 Å². The molecule has 0 saturated heterocycles. The van der Waals surface area contributed by atoms with Crippen molar-refractivity contribution in [3.05, 3.63) is 29.6 Å². The number of anilines is 1. The molecule has 0 saturated carbocycles. The maximum absolute atomic E-state index is 13.4. The van der Waals surface area contributed by atoms with Crippen molar-refractivity contribution in [1.82, 2.24) is 5.32 Å². The molecule has 0 heterocycles. The van der Waals surface area contributed by atoms with Crippen LogP contribution in [0.4, 0.5) is 14.9 Å². The van der Waals surface area contributed by atoms with E-state index in [-0.39, 0.29) is 17.2 Å². The van der Waals surface area contributed by atoms with E-state index in [1.165, 1.54) is 12.1 Å². The molecule has 0 aliphatic rings. The highest BCUT2D eigenvalue weighted by atomic mass is 19.1. The SMILES string of the molecule is CC[C@H](C)[C@H](NC(=O)Nc1cccc(F)c1C#N)C(=O)O. The number of nitrogens with zero attached hydrogens (tertiary/aromatic N) is 1. The number of carbonyl (C=O) groups is 2. The quantitative estimate of drug-likeness (QED) is 0.775. The summed E-state index contributed by atoms with van der Waals surface area (Å²) in [6.07, 6.45) is 0.570. The minimum Gasteiger partial charge on any atom is -0.480 e. The van der Waals surface area contributed by atoms with Gasteiger partial charge in [-0.15, -0.1) is 0 Å². The van der Waals surface area contributed by atoms with E-state index in [0.717, 1.165) is 6.07 Å². The summed E-state index contributed by atoms with van der Waals surface area (Å²) in [6, 6.07) is 3.59. The van der Waals surface area contributed by atoms with Gasteiger partial charge in [-0.2, -0.15) is 5.26 Å². The van der Waals surface area contributed by atoms with E-state index in [2.05, 4.69) is 10.6 Å². The van der Waals surface area contributed by atoms with Crippen LogP contribution >= 0.6 is 0 Å². The molecule has 0 aliphatic heterocycles. The average molecular weight is 293 g/mol. The average Bonchev–Trinajstić information content (AvgIpc) is 2.44. The number of nitriles is 1. The largest absolute Gasteiger partial charge is 0.480 e. The van der Waals surface area contributed by atoms with E-state index in [4.69, 9.17) is 10.4 Å². The molecular formula is C14H16FN3O3. The van der Waals surface area contributed by atoms with Crippen molar-refractivity contribution in [2.75, 3.05) is 5.32 Å². The van der Waals surface area contributed by atoms with Crippen molar-refractivity contribution in [3.63, 3.8) is 0 Å². The smallest absolute Gasteiger partial charge is 0.326 e. The van der Waals surface area contributed by atoms with Crippen molar-refractivity contribution < 1.29 is 19.1 Å². The Morgan fingerprint density at radius 1 is 1.48 bits per heavy atom. The van der Waals surface area contributed by atoms with Crippen LogP contribution in [0.5, 0.6) is 0 Å². The second kappa shape index (κ2) is 7.24. The van der Waals surface area contributed by atoms with E-state index >= 15 is 0 Å². The Kier molecular flexibility index (Phi) is 5.67. The summed E-state index contributed by atoms with van der Waals surface area (Å²) >= 11 is 0. The predicted octanol–water partition coefficient (Wildman–Crippen LogP) is 2.32. The van der Waals surface area contributed by atoms with E-state index in [1.807, 2.05) is 0 Å². The summed E-state index contributed by atoms with van der Waals surface area (Å²) in [4.78, 5) is 22.9. The fourth-order valence-corrected chi connectivity index (χ4v) is 1.72. The number of hydrogen-bond acceptors (Lipinski definition) is 3. The van der Waals surface area contributed by atoms with Crippen LogP contribution in [-0.4, -0.2) is 23.1 Å². The number of aliphatic carboxylic acids is 1. The van der Waals surface area contributed by atoms with Crippen molar-refractivity contribution >= 4 is 17.7 Å². The highest BCUT2D eigenvalue weighted by molar-refractivity contribution is 5.93. The lowest BCUT2D eigenvalue weighted by molar-refractivity contribution is -0.140. The highest BCUT2D eigenvalue weighted by Gasteiger charge is 2.25. The lowest BCUT2D eigenvalue weighted by Crippen LogP contribution is -2.46. The number of urea groups is 1. The zero-order chi connectivity index (χ0) is 16.0. The summed E-state index contributed by atoms with van der Waals surface area (Å²) < 4.78 is 13.4. The van der Waals surface area contributed by atoms with Gasteiger partial charge in [0.25, 0.3) is 0 Å². The standard InChI is InChI=1S/C14H16FN3O3/c1-3-8(2)12(13(19)20)18-14(21)17-11-6-4-5-10(15)9(11)7-16/h4-6,8,12H,3H2,1-2H3,(H,19,20)(H2,17,18,21)/t8-,12-/m0/s1. The van der Waals surface area contributed by atoms with Crippen LogP contribution in [0.15, 0.2) is 18.2 Å². The lowest BCUT2D eigenvalue weighted by Gasteiger charge is -2.20. The van der Waals surface area contributed by atoms with Crippen LogP contribution in [0, 0.1) is 23.1 Å². The molecule has 2 atom stereocenters. The monoisotopic (exact) mass is 293 g/mol. The summed E-state index contributed by atoms with van der Waals surface area (Å²) in [7, 11) is 0. The van der Waals surface area contributed by atoms with Crippen molar-refractivity contribution in [1.29, 1.82) is 5.26 Å². The molecule has 2 amide bonds. The van der Waals surface area contributed by atoms with Gasteiger partial charge in [0, 0.05) is 0 Å². The molecule has 7 heteroatoms. The first kappa shape index (κ1) is 16.4. The van der Waals surface area contributed by atoms with Gasteiger partial charge in [-0.25, -0.2) is 14.0 Å². The molecule has 0 aliphatic carbocycles. The Morgan fingerprint density at radius 2 is 2.14 bits per heavy atom. The van der Waals surface area contributed by atoms with Gasteiger partial charge < -0.3 is 15.7 Å². The van der Waals surface area contributed by atoms with Gasteiger partial charge in [-0.05, 0) is 18.1 Å². The van der Waals surface area contributed by atoms with Crippen LogP contribution in [-0.2, 0) is 4.79 Å². The van der Waals surface area contributed by atoms with E-state index < -0.39 is 23.9 Å². The Bertz CT molecular complexity index is 583. The first-order chi connectivity index (χ1) is 9.90. The number of nitrogens with one attached hydrogen (secondary N) is 2. The molecular weight excluding hydrogens is 277 g/mol. The van der Waals surface area contributed by atoms with E-state index in [1.54, 1.807) is 19.9 Å². The Hall–Kier alpha value is -2.62. The Morgan fingerprint density at radius 3 is 2.67 bits per heavy atom. The number of carbonyl (C=O) groups excluding carboxylic acids is 1. The number of rotatable bonds is 5. The second-order valence-electron chi connectivity index (χ2n) is 4.57. The molecule has 1 aromatic carbocycles. The summed E-state index contributed by atoms with van der Waals surface area (Å²) in [5.41, 5.74) is -0.314. The number of carboxylic acid groups (broad SMARTS) is 1. The number of amides is 2. The second-order valence-corrected chi connectivity index (χ2v) is 4.57. The fraction of sp³-hybridized carbons (Fsp3) is 0.357. The lowest BCUT2D eigenvalue weighted by atomic mass is 9.99. The molecule has 1 aromatic rings. The van der Waals surface area contributed by atoms with Crippen molar-refractivity contribution in [2.45, 2.75) is 26.3 Å². The van der Waals surface area contributed by atoms with Gasteiger partial charge >= 0.3 is 12.0 Å². The van der Waals surface area contributed by atoms with Gasteiger partial charge in [-0.3, -0.25) is 0 Å². The number of halogens is 1. The maximum atomic E-state index is 13.4. The number of benzene rings is 1. The molecule has 0 bridgehead atoms. The van der Waals surface area contributed by atoms with Crippen LogP contribution in [0.2, 0.25) is 0 Å². The normalized spacial score (nSPS) is 12.9. The van der Waals surface area contributed by atoms with Gasteiger partial charge in [0.15, 0.2) is 0 Å². The number of hydrogen-bond donors (Lipinski definition) is 3. The summed E-state index contributed by atoms with van der Waals surface area (Å²) in [5.74, 6) is -2.18. The summed E-state index contributed by atoms with van der Waals surface area (Å²) in [6.45, 7) is 3.50. The van der Waals surface area contributed by atoms with Gasteiger partial charge in [0.1, 0.15) is 23.5 Å². The first-order valence-electron chi connectivity index (χ1n) is 6.39. The minimum atomic E-state index is -1.15. The third-order valence-electron chi connectivity index (χ3n) is 3.14. The van der Waals surface area contributed by atoms with Crippen LogP contribution < -0.4 is 10.6 Å². The van der Waals surface area contributed by atoms with Crippen LogP contribution in [0.25, 0.3) is 0 Å². The summed E-state index contributed by atoms with van der Waals surface area (Å²) in [5, 5.41) is 22.5. The van der Waals surface area contributed by atoms with Gasteiger partial charge in [-0.1, -0.05) is 26.3 Å². The van der Waals surface area contributed by atoms with E-state index in [0.29, 0.717) is 6.42 Å². The van der Waals surface area contributed by atoms with Crippen LogP contribution in [0.3, 0.4) is 0 Å². The third kappa shape index (κ3) is 4.18. The highest BCUT2D eigenvalue weighted by Crippen LogP contribution is 2.17. The molecule has 0 radical (unpaired) electrons. The molecule has 0 fully saturated rings. The number of carboxylic acids is 1. The molecule has 0 spiro atoms. The molecule has 1 rings (SSSR count). The zero-order valence-corrected chi connectivity index (χ0v) is 11.7. The molecule has 112 valence electrons. The fourth-order valence-electron chi connectivity index (χ4n) is 1.72. The molecule has 0 aromatic heterocycles. The van der Waals surface area contributed by atoms with Crippen molar-refractivity contribution in [3.8, 4) is 6.07 Å². The molecule has 0 unspecified atom stereocenters. The predicted molar refractivity (Wildman–Crippen MR) is 74.1 cm³/mol. The first-order valence-corrected chi connectivity index (χ1v) is 6.39. The molecule has 21 heavy (non-hydrogen) atoms. The van der Waals surface area contributed by atoms with Gasteiger partial charge in [0.2, 0.25) is 0 Å². The zero-order valence-electron chi connectivity index (χ0n) is 11.7. The maximum Gasteiger partial charge on any atom is 0.326 e. The minimum absolute atomic E-state index is 0.0108. The third-order valence-corrected chi connectivity index (χ3v) is 3.14. The van der Waals surface area contributed by atoms with Crippen molar-refractivity contribution in [2.24, 2.45) is 5.92 Å². The van der Waals surface area contributed by atoms with Gasteiger partial charge in [0.05, 0.1) is 5.69 Å². The van der Waals surface area contributed by atoms with Crippen LogP contribution in [0.1, 0.15) is 25.8 Å².